The second kappa shape index (κ2) is 5.98. The van der Waals surface area contributed by atoms with E-state index >= 15 is 0 Å². The first kappa shape index (κ1) is 14.3. The van der Waals surface area contributed by atoms with Crippen LogP contribution in [0.25, 0.3) is 0 Å². The third-order valence-electron chi connectivity index (χ3n) is 5.08. The number of hydrogen-bond acceptors (Lipinski definition) is 2. The van der Waals surface area contributed by atoms with Crippen molar-refractivity contribution in [3.63, 3.8) is 0 Å². The summed E-state index contributed by atoms with van der Waals surface area (Å²) >= 11 is 0. The molecule has 2 aliphatic carbocycles. The Morgan fingerprint density at radius 3 is 2.55 bits per heavy atom. The molecule has 3 rings (SSSR count). The molecule has 20 heavy (non-hydrogen) atoms. The lowest BCUT2D eigenvalue weighted by Gasteiger charge is -2.34. The fourth-order valence-corrected chi connectivity index (χ4v) is 5.91. The molecule has 0 radical (unpaired) electrons. The average Bonchev–Trinajstić information content (AvgIpc) is 2.95. The summed E-state index contributed by atoms with van der Waals surface area (Å²) in [6.45, 7) is 2.24. The van der Waals surface area contributed by atoms with E-state index in [0.29, 0.717) is 11.8 Å². The first-order valence-electron chi connectivity index (χ1n) is 7.88. The van der Waals surface area contributed by atoms with Crippen molar-refractivity contribution in [2.24, 2.45) is 11.7 Å². The van der Waals surface area contributed by atoms with E-state index in [-0.39, 0.29) is 11.3 Å². The quantitative estimate of drug-likeness (QED) is 0.926. The second-order valence-electron chi connectivity index (χ2n) is 6.53. The second-order valence-corrected chi connectivity index (χ2v) is 8.23. The van der Waals surface area contributed by atoms with E-state index in [2.05, 4.69) is 25.1 Å². The molecule has 1 aromatic rings. The van der Waals surface area contributed by atoms with Gasteiger partial charge in [-0.1, -0.05) is 44.0 Å². The van der Waals surface area contributed by atoms with Gasteiger partial charge in [-0.05, 0) is 42.2 Å². The van der Waals surface area contributed by atoms with Gasteiger partial charge in [0.25, 0.3) is 0 Å². The third kappa shape index (κ3) is 2.71. The summed E-state index contributed by atoms with van der Waals surface area (Å²) in [5.74, 6) is 2.02. The Morgan fingerprint density at radius 1 is 1.20 bits per heavy atom. The molecule has 2 N–H and O–H groups in total. The van der Waals surface area contributed by atoms with E-state index in [1.807, 2.05) is 6.07 Å². The molecular formula is C17H25NOS. The minimum atomic E-state index is -0.779. The van der Waals surface area contributed by atoms with Crippen LogP contribution in [0.15, 0.2) is 24.3 Å². The Kier molecular flexibility index (Phi) is 4.27. The molecule has 0 amide bonds. The molecule has 2 aliphatic rings. The van der Waals surface area contributed by atoms with Crippen molar-refractivity contribution >= 4 is 10.8 Å². The van der Waals surface area contributed by atoms with Gasteiger partial charge in [0.05, 0.1) is 5.25 Å². The normalized spacial score (nSPS) is 32.0. The predicted molar refractivity (Wildman–Crippen MR) is 85.2 cm³/mol. The van der Waals surface area contributed by atoms with E-state index in [4.69, 9.17) is 5.73 Å². The van der Waals surface area contributed by atoms with Gasteiger partial charge in [0.1, 0.15) is 0 Å². The molecule has 0 heterocycles. The highest BCUT2D eigenvalue weighted by Crippen LogP contribution is 2.39. The van der Waals surface area contributed by atoms with Crippen LogP contribution >= 0.6 is 0 Å². The van der Waals surface area contributed by atoms with Gasteiger partial charge in [0, 0.05) is 22.6 Å². The first-order chi connectivity index (χ1) is 9.66. The largest absolute Gasteiger partial charge is 0.323 e. The summed E-state index contributed by atoms with van der Waals surface area (Å²) in [5.41, 5.74) is 9.01. The molecule has 0 aromatic heterocycles. The van der Waals surface area contributed by atoms with Crippen molar-refractivity contribution in [1.29, 1.82) is 0 Å². The smallest absolute Gasteiger partial charge is 0.0546 e. The molecule has 0 aliphatic heterocycles. The summed E-state index contributed by atoms with van der Waals surface area (Å²) in [7, 11) is -0.779. The molecular weight excluding hydrogens is 266 g/mol. The van der Waals surface area contributed by atoms with Crippen molar-refractivity contribution in [2.45, 2.75) is 56.2 Å². The van der Waals surface area contributed by atoms with E-state index < -0.39 is 10.8 Å². The molecule has 0 spiro atoms. The zero-order valence-electron chi connectivity index (χ0n) is 12.3. The fraction of sp³-hybridized carbons (Fsp3) is 0.647. The zero-order chi connectivity index (χ0) is 14.1. The number of rotatable bonds is 3. The monoisotopic (exact) mass is 291 g/mol. The van der Waals surface area contributed by atoms with Crippen LogP contribution in [0.2, 0.25) is 0 Å². The SMILES string of the molecule is CC1CC(S(=O)CC2CCCC2)C(N)c2ccccc21. The Balaban J connectivity index is 1.76. The van der Waals surface area contributed by atoms with Crippen molar-refractivity contribution < 1.29 is 4.21 Å². The van der Waals surface area contributed by atoms with E-state index in [1.165, 1.54) is 36.8 Å². The fourth-order valence-electron chi connectivity index (χ4n) is 3.89. The highest BCUT2D eigenvalue weighted by atomic mass is 32.2. The highest BCUT2D eigenvalue weighted by molar-refractivity contribution is 7.85. The van der Waals surface area contributed by atoms with Gasteiger partial charge in [-0.3, -0.25) is 4.21 Å². The summed E-state index contributed by atoms with van der Waals surface area (Å²) in [4.78, 5) is 0. The number of nitrogens with two attached hydrogens (primary N) is 1. The lowest BCUT2D eigenvalue weighted by molar-refractivity contribution is 0.507. The third-order valence-corrected chi connectivity index (χ3v) is 7.05. The van der Waals surface area contributed by atoms with Gasteiger partial charge in [0.2, 0.25) is 0 Å². The van der Waals surface area contributed by atoms with Crippen molar-refractivity contribution in [3.05, 3.63) is 35.4 Å². The Hall–Kier alpha value is -0.670. The molecule has 1 aromatic carbocycles. The Morgan fingerprint density at radius 2 is 1.85 bits per heavy atom. The molecule has 4 unspecified atom stereocenters. The minimum absolute atomic E-state index is 0.0513. The number of hydrogen-bond donors (Lipinski definition) is 1. The summed E-state index contributed by atoms with van der Waals surface area (Å²) < 4.78 is 12.8. The van der Waals surface area contributed by atoms with E-state index in [9.17, 15) is 4.21 Å². The van der Waals surface area contributed by atoms with Crippen LogP contribution in [-0.4, -0.2) is 15.2 Å². The Labute approximate surface area is 124 Å². The van der Waals surface area contributed by atoms with Crippen LogP contribution < -0.4 is 5.73 Å². The highest BCUT2D eigenvalue weighted by Gasteiger charge is 2.35. The van der Waals surface area contributed by atoms with Crippen LogP contribution in [0, 0.1) is 5.92 Å². The van der Waals surface area contributed by atoms with Gasteiger partial charge >= 0.3 is 0 Å². The summed E-state index contributed by atoms with van der Waals surface area (Å²) in [6.07, 6.45) is 6.13. The maximum absolute atomic E-state index is 12.8. The maximum atomic E-state index is 12.8. The van der Waals surface area contributed by atoms with Gasteiger partial charge in [-0.15, -0.1) is 0 Å². The standard InChI is InChI=1S/C17H25NOS/c1-12-10-16(20(19)11-13-6-2-3-7-13)17(18)15-9-5-4-8-14(12)15/h4-5,8-9,12-13,16-17H,2-3,6-7,10-11,18H2,1H3. The average molecular weight is 291 g/mol. The van der Waals surface area contributed by atoms with Crippen LogP contribution in [0.3, 0.4) is 0 Å². The van der Waals surface area contributed by atoms with E-state index in [0.717, 1.165) is 12.2 Å². The molecule has 1 saturated carbocycles. The number of benzene rings is 1. The minimum Gasteiger partial charge on any atom is -0.323 e. The lowest BCUT2D eigenvalue weighted by atomic mass is 9.81. The molecule has 2 nitrogen and oxygen atoms in total. The molecule has 4 atom stereocenters. The Bertz CT molecular complexity index is 496. The van der Waals surface area contributed by atoms with Gasteiger partial charge in [-0.25, -0.2) is 0 Å². The molecule has 3 heteroatoms. The van der Waals surface area contributed by atoms with Crippen LogP contribution in [0.5, 0.6) is 0 Å². The van der Waals surface area contributed by atoms with Gasteiger partial charge in [-0.2, -0.15) is 0 Å². The summed E-state index contributed by atoms with van der Waals surface area (Å²) in [5, 5.41) is 0.139. The zero-order valence-corrected chi connectivity index (χ0v) is 13.1. The van der Waals surface area contributed by atoms with Crippen molar-refractivity contribution in [2.75, 3.05) is 5.75 Å². The van der Waals surface area contributed by atoms with Crippen molar-refractivity contribution in [3.8, 4) is 0 Å². The first-order valence-corrected chi connectivity index (χ1v) is 9.26. The topological polar surface area (TPSA) is 43.1 Å². The van der Waals surface area contributed by atoms with Gasteiger partial charge in [0.15, 0.2) is 0 Å². The van der Waals surface area contributed by atoms with Crippen LogP contribution in [0.1, 0.15) is 62.1 Å². The molecule has 0 bridgehead atoms. The molecule has 1 fully saturated rings. The van der Waals surface area contributed by atoms with Crippen molar-refractivity contribution in [1.82, 2.24) is 0 Å². The lowest BCUT2D eigenvalue weighted by Crippen LogP contribution is -2.37. The molecule has 0 saturated heterocycles. The predicted octanol–water partition coefficient (Wildman–Crippen LogP) is 3.50. The van der Waals surface area contributed by atoms with E-state index in [1.54, 1.807) is 0 Å². The number of fused-ring (bicyclic) bond motifs is 1. The van der Waals surface area contributed by atoms with Crippen LogP contribution in [-0.2, 0) is 10.8 Å². The van der Waals surface area contributed by atoms with Gasteiger partial charge < -0.3 is 5.73 Å². The summed E-state index contributed by atoms with van der Waals surface area (Å²) in [6, 6.07) is 8.38. The maximum Gasteiger partial charge on any atom is 0.0546 e. The molecule has 110 valence electrons. The van der Waals surface area contributed by atoms with Crippen LogP contribution in [0.4, 0.5) is 0 Å².